The van der Waals surface area contributed by atoms with Crippen LogP contribution in [0.25, 0.3) is 0 Å². The van der Waals surface area contributed by atoms with Crippen LogP contribution in [-0.4, -0.2) is 63.8 Å². The molecule has 168 valence electrons. The molecule has 0 bridgehead atoms. The Bertz CT molecular complexity index is 935. The Morgan fingerprint density at radius 1 is 1.13 bits per heavy atom. The molecule has 0 amide bonds. The number of fused-ring (bicyclic) bond motifs is 1. The lowest BCUT2D eigenvalue weighted by molar-refractivity contribution is -0.232. The van der Waals surface area contributed by atoms with Gasteiger partial charge in [-0.3, -0.25) is 0 Å². The van der Waals surface area contributed by atoms with Crippen molar-refractivity contribution in [3.63, 3.8) is 0 Å². The van der Waals surface area contributed by atoms with Crippen LogP contribution in [0, 0.1) is 0 Å². The first-order valence-electron chi connectivity index (χ1n) is 10.3. The van der Waals surface area contributed by atoms with E-state index in [0.717, 1.165) is 39.3 Å². The Kier molecular flexibility index (Phi) is 6.84. The predicted molar refractivity (Wildman–Crippen MR) is 119 cm³/mol. The van der Waals surface area contributed by atoms with Crippen molar-refractivity contribution in [2.75, 3.05) is 13.7 Å². The van der Waals surface area contributed by atoms with Crippen molar-refractivity contribution in [1.29, 1.82) is 0 Å². The van der Waals surface area contributed by atoms with Crippen LogP contribution in [0.2, 0.25) is 5.02 Å². The topological polar surface area (TPSA) is 99.4 Å². The molecule has 31 heavy (non-hydrogen) atoms. The molecule has 6 atom stereocenters. The molecule has 0 saturated carbocycles. The van der Waals surface area contributed by atoms with Crippen LogP contribution >= 0.6 is 23.4 Å². The van der Waals surface area contributed by atoms with Crippen LogP contribution in [-0.2, 0) is 17.6 Å². The number of halogens is 1. The quantitative estimate of drug-likeness (QED) is 0.537. The maximum Gasteiger partial charge on any atom is 0.118 e. The average molecular weight is 467 g/mol. The van der Waals surface area contributed by atoms with Crippen LogP contribution in [0.5, 0.6) is 5.75 Å². The van der Waals surface area contributed by atoms with Gasteiger partial charge in [0.15, 0.2) is 0 Å². The number of rotatable bonds is 5. The highest BCUT2D eigenvalue weighted by atomic mass is 35.5. The number of aliphatic hydroxyl groups is 4. The fourth-order valence-corrected chi connectivity index (χ4v) is 5.94. The summed E-state index contributed by atoms with van der Waals surface area (Å²) >= 11 is 8.47. The highest BCUT2D eigenvalue weighted by Gasteiger charge is 2.45. The molecule has 1 unspecified atom stereocenters. The van der Waals surface area contributed by atoms with E-state index in [0.29, 0.717) is 16.7 Å². The number of aliphatic hydroxyl groups excluding tert-OH is 4. The van der Waals surface area contributed by atoms with Crippen LogP contribution in [0.3, 0.4) is 0 Å². The van der Waals surface area contributed by atoms with E-state index >= 15 is 0 Å². The van der Waals surface area contributed by atoms with Crippen molar-refractivity contribution in [2.45, 2.75) is 60.4 Å². The van der Waals surface area contributed by atoms with Gasteiger partial charge < -0.3 is 29.9 Å². The van der Waals surface area contributed by atoms with Gasteiger partial charge in [0.2, 0.25) is 0 Å². The largest absolute Gasteiger partial charge is 0.497 e. The number of ether oxygens (including phenoxy) is 2. The Labute approximate surface area is 190 Å². The zero-order chi connectivity index (χ0) is 22.3. The molecule has 1 saturated heterocycles. The summed E-state index contributed by atoms with van der Waals surface area (Å²) in [6.07, 6.45) is -4.59. The summed E-state index contributed by atoms with van der Waals surface area (Å²) in [4.78, 5) is 0.945. The third kappa shape index (κ3) is 4.33. The zero-order valence-electron chi connectivity index (χ0n) is 17.4. The van der Waals surface area contributed by atoms with E-state index in [1.807, 2.05) is 30.3 Å². The molecule has 0 spiro atoms. The molecule has 4 N–H and O–H groups in total. The average Bonchev–Trinajstić information content (AvgIpc) is 3.17. The molecule has 2 aromatic carbocycles. The first-order valence-corrected chi connectivity index (χ1v) is 11.5. The van der Waals surface area contributed by atoms with Gasteiger partial charge in [-0.25, -0.2) is 0 Å². The second-order valence-corrected chi connectivity index (χ2v) is 9.98. The smallest absolute Gasteiger partial charge is 0.118 e. The second kappa shape index (κ2) is 9.27. The second-order valence-electron chi connectivity index (χ2n) is 8.15. The normalized spacial score (nSPS) is 30.3. The van der Waals surface area contributed by atoms with Crippen molar-refractivity contribution in [3.05, 3.63) is 57.6 Å². The van der Waals surface area contributed by atoms with Gasteiger partial charge in [-0.05, 0) is 47.2 Å². The fourth-order valence-electron chi connectivity index (χ4n) is 4.30. The lowest BCUT2D eigenvalue weighted by Crippen LogP contribution is -2.55. The van der Waals surface area contributed by atoms with Crippen LogP contribution < -0.4 is 4.74 Å². The SMILES string of the molecule is COc1ccc(Cc2cc([C@@H]3O[C@H](CO)[C@@H](O)[C@H](O)[C@H]3O)c3c(c2Cl)CC(C)S3)cc1. The van der Waals surface area contributed by atoms with E-state index in [1.54, 1.807) is 18.9 Å². The van der Waals surface area contributed by atoms with Crippen LogP contribution in [0.4, 0.5) is 0 Å². The fraction of sp³-hybridized carbons (Fsp3) is 0.478. The van der Waals surface area contributed by atoms with E-state index in [2.05, 4.69) is 6.92 Å². The van der Waals surface area contributed by atoms with Crippen molar-refractivity contribution in [3.8, 4) is 5.75 Å². The Balaban J connectivity index is 1.75. The van der Waals surface area contributed by atoms with Crippen LogP contribution in [0.1, 0.15) is 35.3 Å². The number of thioether (sulfide) groups is 1. The van der Waals surface area contributed by atoms with Crippen molar-refractivity contribution in [1.82, 2.24) is 0 Å². The molecular formula is C23H27ClO6S. The molecule has 4 rings (SSSR count). The lowest BCUT2D eigenvalue weighted by Gasteiger charge is -2.41. The van der Waals surface area contributed by atoms with Crippen molar-refractivity contribution >= 4 is 23.4 Å². The zero-order valence-corrected chi connectivity index (χ0v) is 18.9. The van der Waals surface area contributed by atoms with Gasteiger partial charge in [-0.15, -0.1) is 11.8 Å². The van der Waals surface area contributed by atoms with E-state index in [-0.39, 0.29) is 0 Å². The third-order valence-corrected chi connectivity index (χ3v) is 7.73. The lowest BCUT2D eigenvalue weighted by atomic mass is 9.88. The summed E-state index contributed by atoms with van der Waals surface area (Å²) in [7, 11) is 1.62. The van der Waals surface area contributed by atoms with E-state index in [1.165, 1.54) is 0 Å². The summed E-state index contributed by atoms with van der Waals surface area (Å²) in [5.74, 6) is 0.774. The molecule has 2 heterocycles. The third-order valence-electron chi connectivity index (χ3n) is 5.98. The molecule has 0 radical (unpaired) electrons. The summed E-state index contributed by atoms with van der Waals surface area (Å²) < 4.78 is 11.1. The minimum Gasteiger partial charge on any atom is -0.497 e. The summed E-state index contributed by atoms with van der Waals surface area (Å²) in [5, 5.41) is 41.8. The number of methoxy groups -OCH3 is 1. The van der Waals surface area contributed by atoms with Gasteiger partial charge in [0, 0.05) is 15.2 Å². The summed E-state index contributed by atoms with van der Waals surface area (Å²) in [6, 6.07) is 9.67. The molecular weight excluding hydrogens is 440 g/mol. The highest BCUT2D eigenvalue weighted by molar-refractivity contribution is 8.00. The van der Waals surface area contributed by atoms with Crippen molar-refractivity contribution in [2.24, 2.45) is 0 Å². The maximum atomic E-state index is 10.7. The van der Waals surface area contributed by atoms with Crippen molar-refractivity contribution < 1.29 is 29.9 Å². The number of hydrogen-bond acceptors (Lipinski definition) is 7. The molecule has 2 aliphatic rings. The Hall–Kier alpha value is -1.32. The predicted octanol–water partition coefficient (Wildman–Crippen LogP) is 2.49. The Morgan fingerprint density at radius 3 is 2.48 bits per heavy atom. The molecule has 2 aromatic rings. The van der Waals surface area contributed by atoms with Gasteiger partial charge in [-0.2, -0.15) is 0 Å². The standard InChI is InChI=1S/C23H27ClO6S/c1-11-7-15-18(24)13(8-12-3-5-14(29-2)6-4-12)9-16(23(15)31-11)22-21(28)20(27)19(26)17(10-25)30-22/h3-6,9,11,17,19-22,25-28H,7-8,10H2,1-2H3/t11?,17-,19-,20+,21-,22+/m1/s1. The van der Waals surface area contributed by atoms with Gasteiger partial charge in [-0.1, -0.05) is 36.7 Å². The minimum atomic E-state index is -1.42. The van der Waals surface area contributed by atoms with E-state index in [9.17, 15) is 20.4 Å². The monoisotopic (exact) mass is 466 g/mol. The maximum absolute atomic E-state index is 10.7. The molecule has 8 heteroatoms. The number of hydrogen-bond donors (Lipinski definition) is 4. The van der Waals surface area contributed by atoms with Crippen LogP contribution in [0.15, 0.2) is 35.2 Å². The molecule has 6 nitrogen and oxygen atoms in total. The first-order chi connectivity index (χ1) is 14.8. The molecule has 1 fully saturated rings. The Morgan fingerprint density at radius 2 is 1.84 bits per heavy atom. The van der Waals surface area contributed by atoms with Gasteiger partial charge in [0.25, 0.3) is 0 Å². The van der Waals surface area contributed by atoms with E-state index < -0.39 is 37.1 Å². The van der Waals surface area contributed by atoms with E-state index in [4.69, 9.17) is 21.1 Å². The minimum absolute atomic E-state index is 0.312. The van der Waals surface area contributed by atoms with Gasteiger partial charge >= 0.3 is 0 Å². The molecule has 0 aromatic heterocycles. The van der Waals surface area contributed by atoms with Gasteiger partial charge in [0.1, 0.15) is 36.3 Å². The van der Waals surface area contributed by atoms with Gasteiger partial charge in [0.05, 0.1) is 13.7 Å². The molecule has 2 aliphatic heterocycles. The molecule has 0 aliphatic carbocycles. The summed E-state index contributed by atoms with van der Waals surface area (Å²) in [6.45, 7) is 1.65. The number of benzene rings is 2. The summed E-state index contributed by atoms with van der Waals surface area (Å²) in [5.41, 5.74) is 3.69. The first kappa shape index (κ1) is 22.9. The highest BCUT2D eigenvalue weighted by Crippen LogP contribution is 2.48.